The van der Waals surface area contributed by atoms with Crippen molar-refractivity contribution in [3.05, 3.63) is 12.2 Å². The Balaban J connectivity index is 2.44. The van der Waals surface area contributed by atoms with Crippen LogP contribution in [0.15, 0.2) is 12.2 Å². The van der Waals surface area contributed by atoms with Crippen LogP contribution in [0, 0.1) is 0 Å². The van der Waals surface area contributed by atoms with Gasteiger partial charge in [0.25, 0.3) is 0 Å². The van der Waals surface area contributed by atoms with Gasteiger partial charge in [0.05, 0.1) is 6.54 Å². The van der Waals surface area contributed by atoms with Gasteiger partial charge in [-0.2, -0.15) is 0 Å². The molecule has 0 spiro atoms. The average molecular weight is 169 g/mol. The van der Waals surface area contributed by atoms with Gasteiger partial charge in [0.1, 0.15) is 6.10 Å². The fourth-order valence-corrected chi connectivity index (χ4v) is 1.30. The number of allylic oxidation sites excluding steroid dienone is 1. The first-order valence-corrected chi connectivity index (χ1v) is 4.36. The maximum Gasteiger partial charge on any atom is 0.410 e. The zero-order valence-electron chi connectivity index (χ0n) is 7.62. The maximum atomic E-state index is 11.1. The molecule has 68 valence electrons. The number of ether oxygens (including phenoxy) is 1. The van der Waals surface area contributed by atoms with E-state index in [1.54, 1.807) is 4.90 Å². The highest BCUT2D eigenvalue weighted by Crippen LogP contribution is 2.12. The van der Waals surface area contributed by atoms with Gasteiger partial charge in [-0.15, -0.1) is 0 Å². The van der Waals surface area contributed by atoms with Gasteiger partial charge < -0.3 is 9.64 Å². The van der Waals surface area contributed by atoms with Crippen molar-refractivity contribution in [1.82, 2.24) is 4.90 Å². The van der Waals surface area contributed by atoms with Crippen molar-refractivity contribution in [3.63, 3.8) is 0 Å². The number of carbonyl (C=O) groups is 1. The first-order chi connectivity index (χ1) is 5.77. The van der Waals surface area contributed by atoms with Gasteiger partial charge in [-0.3, -0.25) is 0 Å². The third kappa shape index (κ3) is 2.00. The summed E-state index contributed by atoms with van der Waals surface area (Å²) in [5.41, 5.74) is 0. The van der Waals surface area contributed by atoms with E-state index in [1.807, 2.05) is 19.1 Å². The monoisotopic (exact) mass is 169 g/mol. The van der Waals surface area contributed by atoms with Crippen LogP contribution in [0.5, 0.6) is 0 Å². The molecule has 0 aromatic rings. The zero-order chi connectivity index (χ0) is 8.97. The second-order valence-corrected chi connectivity index (χ2v) is 2.89. The summed E-state index contributed by atoms with van der Waals surface area (Å²) in [4.78, 5) is 12.9. The Bertz CT molecular complexity index is 189. The van der Waals surface area contributed by atoms with E-state index >= 15 is 0 Å². The molecule has 1 fully saturated rings. The van der Waals surface area contributed by atoms with Gasteiger partial charge in [-0.25, -0.2) is 4.79 Å². The smallest absolute Gasteiger partial charge is 0.410 e. The lowest BCUT2D eigenvalue weighted by atomic mass is 10.3. The summed E-state index contributed by atoms with van der Waals surface area (Å²) in [6.45, 7) is 5.48. The standard InChI is InChI=1S/C9H15NO2/c1-3-5-8-7-10(6-4-2)9(11)12-8/h3,5,8H,4,6-7H2,1-2H3/t8-/m0/s1. The predicted molar refractivity (Wildman–Crippen MR) is 46.9 cm³/mol. The van der Waals surface area contributed by atoms with E-state index in [2.05, 4.69) is 6.92 Å². The van der Waals surface area contributed by atoms with Crippen LogP contribution in [0.1, 0.15) is 20.3 Å². The molecule has 1 atom stereocenters. The topological polar surface area (TPSA) is 29.5 Å². The minimum absolute atomic E-state index is 0.0333. The predicted octanol–water partition coefficient (Wildman–Crippen LogP) is 1.79. The molecule has 12 heavy (non-hydrogen) atoms. The van der Waals surface area contributed by atoms with Gasteiger partial charge >= 0.3 is 6.09 Å². The lowest BCUT2D eigenvalue weighted by Gasteiger charge is -2.09. The minimum Gasteiger partial charge on any atom is -0.440 e. The van der Waals surface area contributed by atoms with Crippen molar-refractivity contribution >= 4 is 6.09 Å². The molecule has 1 aliphatic heterocycles. The van der Waals surface area contributed by atoms with E-state index in [4.69, 9.17) is 4.74 Å². The van der Waals surface area contributed by atoms with Crippen molar-refractivity contribution in [2.24, 2.45) is 0 Å². The molecule has 1 heterocycles. The van der Waals surface area contributed by atoms with Gasteiger partial charge in [0.15, 0.2) is 0 Å². The van der Waals surface area contributed by atoms with Crippen molar-refractivity contribution in [2.75, 3.05) is 13.1 Å². The van der Waals surface area contributed by atoms with E-state index in [0.29, 0.717) is 6.54 Å². The normalized spacial score (nSPS) is 23.7. The van der Waals surface area contributed by atoms with E-state index in [9.17, 15) is 4.79 Å². The highest BCUT2D eigenvalue weighted by Gasteiger charge is 2.28. The number of carbonyl (C=O) groups excluding carboxylic acids is 1. The Morgan fingerprint density at radius 3 is 3.08 bits per heavy atom. The van der Waals surface area contributed by atoms with Gasteiger partial charge in [-0.1, -0.05) is 13.0 Å². The summed E-state index contributed by atoms with van der Waals surface area (Å²) in [5.74, 6) is 0. The second kappa shape index (κ2) is 4.14. The molecule has 0 radical (unpaired) electrons. The molecule has 0 aromatic heterocycles. The summed E-state index contributed by atoms with van der Waals surface area (Å²) in [5, 5.41) is 0. The molecule has 0 saturated carbocycles. The van der Waals surface area contributed by atoms with Crippen molar-refractivity contribution in [2.45, 2.75) is 26.4 Å². The largest absolute Gasteiger partial charge is 0.440 e. The van der Waals surface area contributed by atoms with Crippen LogP contribution < -0.4 is 0 Å². The molecule has 0 aliphatic carbocycles. The quantitative estimate of drug-likeness (QED) is 0.603. The lowest BCUT2D eigenvalue weighted by Crippen LogP contribution is -2.25. The Kier molecular flexibility index (Phi) is 3.14. The zero-order valence-corrected chi connectivity index (χ0v) is 7.62. The van der Waals surface area contributed by atoms with Crippen LogP contribution in [-0.2, 0) is 4.74 Å². The number of nitrogens with zero attached hydrogens (tertiary/aromatic N) is 1. The number of hydrogen-bond donors (Lipinski definition) is 0. The van der Waals surface area contributed by atoms with E-state index < -0.39 is 0 Å². The molecule has 3 heteroatoms. The summed E-state index contributed by atoms with van der Waals surface area (Å²) >= 11 is 0. The number of amides is 1. The fourth-order valence-electron chi connectivity index (χ4n) is 1.30. The molecule has 0 unspecified atom stereocenters. The Hall–Kier alpha value is -0.990. The van der Waals surface area contributed by atoms with Gasteiger partial charge in [-0.05, 0) is 19.4 Å². The first kappa shape index (κ1) is 9.10. The van der Waals surface area contributed by atoms with Crippen LogP contribution in [0.25, 0.3) is 0 Å². The number of hydrogen-bond acceptors (Lipinski definition) is 2. The van der Waals surface area contributed by atoms with Crippen molar-refractivity contribution in [3.8, 4) is 0 Å². The molecular weight excluding hydrogens is 154 g/mol. The summed E-state index contributed by atoms with van der Waals surface area (Å²) in [6, 6.07) is 0. The number of rotatable bonds is 3. The highest BCUT2D eigenvalue weighted by atomic mass is 16.6. The molecule has 1 saturated heterocycles. The molecule has 0 bridgehead atoms. The van der Waals surface area contributed by atoms with E-state index in [1.165, 1.54) is 0 Å². The molecule has 1 aliphatic rings. The Morgan fingerprint density at radius 2 is 2.50 bits per heavy atom. The van der Waals surface area contributed by atoms with Crippen LogP contribution in [0.4, 0.5) is 4.79 Å². The van der Waals surface area contributed by atoms with Crippen LogP contribution in [-0.4, -0.2) is 30.2 Å². The Morgan fingerprint density at radius 1 is 1.75 bits per heavy atom. The van der Waals surface area contributed by atoms with Crippen LogP contribution in [0.3, 0.4) is 0 Å². The lowest BCUT2D eigenvalue weighted by molar-refractivity contribution is 0.145. The minimum atomic E-state index is -0.181. The van der Waals surface area contributed by atoms with E-state index in [-0.39, 0.29) is 12.2 Å². The molecule has 0 N–H and O–H groups in total. The number of cyclic esters (lactones) is 1. The third-order valence-electron chi connectivity index (χ3n) is 1.81. The highest BCUT2D eigenvalue weighted by molar-refractivity contribution is 5.70. The maximum absolute atomic E-state index is 11.1. The van der Waals surface area contributed by atoms with Gasteiger partial charge in [0.2, 0.25) is 0 Å². The molecular formula is C9H15NO2. The average Bonchev–Trinajstić information content (AvgIpc) is 2.34. The SMILES string of the molecule is CC=C[C@H]1CN(CCC)C(=O)O1. The van der Waals surface area contributed by atoms with Crippen LogP contribution >= 0.6 is 0 Å². The molecule has 1 amide bonds. The van der Waals surface area contributed by atoms with E-state index in [0.717, 1.165) is 13.0 Å². The molecule has 3 nitrogen and oxygen atoms in total. The summed E-state index contributed by atoms with van der Waals surface area (Å²) in [7, 11) is 0. The summed E-state index contributed by atoms with van der Waals surface area (Å²) in [6.07, 6.45) is 4.59. The summed E-state index contributed by atoms with van der Waals surface area (Å²) < 4.78 is 5.07. The molecule has 0 aromatic carbocycles. The first-order valence-electron chi connectivity index (χ1n) is 4.36. The Labute approximate surface area is 73.0 Å². The van der Waals surface area contributed by atoms with Crippen molar-refractivity contribution < 1.29 is 9.53 Å². The van der Waals surface area contributed by atoms with Crippen molar-refractivity contribution in [1.29, 1.82) is 0 Å². The molecule has 1 rings (SSSR count). The fraction of sp³-hybridized carbons (Fsp3) is 0.667. The van der Waals surface area contributed by atoms with Crippen LogP contribution in [0.2, 0.25) is 0 Å². The third-order valence-corrected chi connectivity index (χ3v) is 1.81. The van der Waals surface area contributed by atoms with Gasteiger partial charge in [0, 0.05) is 6.54 Å². The second-order valence-electron chi connectivity index (χ2n) is 2.89.